The minimum atomic E-state index is -3.45. The number of aliphatic hydroxyl groups is 1. The average molecular weight is 581 g/mol. The van der Waals surface area contributed by atoms with Gasteiger partial charge in [-0.2, -0.15) is 0 Å². The lowest BCUT2D eigenvalue weighted by Crippen LogP contribution is -2.30. The van der Waals surface area contributed by atoms with Gasteiger partial charge in [-0.05, 0) is 69.5 Å². The van der Waals surface area contributed by atoms with E-state index in [2.05, 4.69) is 35.3 Å². The van der Waals surface area contributed by atoms with Crippen LogP contribution in [-0.4, -0.2) is 74.0 Å². The number of fused-ring (bicyclic) bond motifs is 1. The number of thioether (sulfide) groups is 2. The van der Waals surface area contributed by atoms with Gasteiger partial charge in [0.25, 0.3) is 0 Å². The molecule has 0 aliphatic carbocycles. The molecule has 0 amide bonds. The van der Waals surface area contributed by atoms with E-state index in [0.717, 1.165) is 58.6 Å². The van der Waals surface area contributed by atoms with Gasteiger partial charge in [0.05, 0.1) is 29.2 Å². The lowest BCUT2D eigenvalue weighted by atomic mass is 10.2. The molecule has 1 heterocycles. The van der Waals surface area contributed by atoms with Crippen molar-refractivity contribution < 1.29 is 13.5 Å². The minimum absolute atomic E-state index is 0.0960. The van der Waals surface area contributed by atoms with E-state index in [4.69, 9.17) is 5.11 Å². The zero-order valence-corrected chi connectivity index (χ0v) is 26.2. The summed E-state index contributed by atoms with van der Waals surface area (Å²) in [5.74, 6) is -0.0960. The predicted molar refractivity (Wildman–Crippen MR) is 171 cm³/mol. The summed E-state index contributed by atoms with van der Waals surface area (Å²) in [5.41, 5.74) is 2.62. The SMILES string of the molecule is C=CS/C(=C\C)S(=O)(=O)CN(CC)c1cccc2cc(C=N/C=C(/C)SC)[nH]c12.CCN(CC)CC(C)O. The topological polar surface area (TPSA) is 89.0 Å². The van der Waals surface area contributed by atoms with Crippen molar-refractivity contribution in [2.75, 3.05) is 43.2 Å². The number of likely N-dealkylation sites (N-methyl/N-ethyl adjacent to an activating group) is 1. The van der Waals surface area contributed by atoms with E-state index < -0.39 is 9.84 Å². The van der Waals surface area contributed by atoms with E-state index in [9.17, 15) is 8.42 Å². The summed E-state index contributed by atoms with van der Waals surface area (Å²) in [7, 11) is -3.45. The van der Waals surface area contributed by atoms with Gasteiger partial charge in [-0.1, -0.05) is 50.4 Å². The number of aliphatic imine (C=N–C) groups is 1. The Morgan fingerprint density at radius 2 is 1.92 bits per heavy atom. The van der Waals surface area contributed by atoms with Crippen molar-refractivity contribution in [1.82, 2.24) is 9.88 Å². The van der Waals surface area contributed by atoms with E-state index in [1.807, 2.05) is 62.4 Å². The molecule has 1 aromatic carbocycles. The molecule has 0 aliphatic rings. The highest BCUT2D eigenvalue weighted by Gasteiger charge is 2.22. The Morgan fingerprint density at radius 1 is 1.24 bits per heavy atom. The fraction of sp³-hybridized carbons (Fsp3) is 0.464. The number of benzene rings is 1. The minimum Gasteiger partial charge on any atom is -0.392 e. The maximum Gasteiger partial charge on any atom is 0.202 e. The van der Waals surface area contributed by atoms with Gasteiger partial charge in [-0.15, -0.1) is 11.8 Å². The lowest BCUT2D eigenvalue weighted by molar-refractivity contribution is 0.133. The molecule has 0 spiro atoms. The molecule has 1 aromatic heterocycles. The monoisotopic (exact) mass is 580 g/mol. The predicted octanol–water partition coefficient (Wildman–Crippen LogP) is 6.46. The summed E-state index contributed by atoms with van der Waals surface area (Å²) in [5, 5.41) is 11.5. The van der Waals surface area contributed by atoms with Gasteiger partial charge in [0, 0.05) is 24.7 Å². The van der Waals surface area contributed by atoms with Crippen LogP contribution in [0.2, 0.25) is 0 Å². The van der Waals surface area contributed by atoms with Crippen LogP contribution >= 0.6 is 23.5 Å². The molecule has 0 saturated carbocycles. The number of aliphatic hydroxyl groups excluding tert-OH is 1. The van der Waals surface area contributed by atoms with Gasteiger partial charge < -0.3 is 19.9 Å². The van der Waals surface area contributed by atoms with Gasteiger partial charge in [-0.3, -0.25) is 4.99 Å². The number of nitrogens with one attached hydrogen (secondary N) is 1. The number of hydrogen-bond donors (Lipinski definition) is 2. The van der Waals surface area contributed by atoms with Crippen LogP contribution < -0.4 is 4.90 Å². The molecular formula is C28H44N4O3S3. The van der Waals surface area contributed by atoms with Crippen molar-refractivity contribution in [3.63, 3.8) is 0 Å². The van der Waals surface area contributed by atoms with E-state index in [-0.39, 0.29) is 12.0 Å². The van der Waals surface area contributed by atoms with Gasteiger partial charge in [0.2, 0.25) is 9.84 Å². The number of H-pyrrole nitrogens is 1. The zero-order chi connectivity index (χ0) is 28.7. The van der Waals surface area contributed by atoms with Crippen molar-refractivity contribution in [2.24, 2.45) is 4.99 Å². The van der Waals surface area contributed by atoms with Gasteiger partial charge in [0.1, 0.15) is 10.1 Å². The Kier molecular flexibility index (Phi) is 15.7. The maximum atomic E-state index is 12.9. The Bertz CT molecular complexity index is 1200. The third-order valence-electron chi connectivity index (χ3n) is 5.65. The third kappa shape index (κ3) is 11.0. The second kappa shape index (κ2) is 17.6. The summed E-state index contributed by atoms with van der Waals surface area (Å²) in [6.45, 7) is 18.8. The highest BCUT2D eigenvalue weighted by atomic mass is 32.3. The summed E-state index contributed by atoms with van der Waals surface area (Å²) in [6.07, 6.45) is 7.03. The molecule has 212 valence electrons. The quantitative estimate of drug-likeness (QED) is 0.248. The fourth-order valence-electron chi connectivity index (χ4n) is 3.63. The van der Waals surface area contributed by atoms with Crippen molar-refractivity contribution in [1.29, 1.82) is 0 Å². The zero-order valence-electron chi connectivity index (χ0n) is 23.8. The molecule has 2 aromatic rings. The number of hydrogen-bond acceptors (Lipinski definition) is 8. The maximum absolute atomic E-state index is 12.9. The van der Waals surface area contributed by atoms with Crippen molar-refractivity contribution in [3.8, 4) is 0 Å². The van der Waals surface area contributed by atoms with E-state index >= 15 is 0 Å². The van der Waals surface area contributed by atoms with E-state index in [1.54, 1.807) is 31.0 Å². The molecule has 10 heteroatoms. The second-order valence-corrected chi connectivity index (χ2v) is 12.8. The Balaban J connectivity index is 0.000000686. The van der Waals surface area contributed by atoms with Crippen LogP contribution in [0, 0.1) is 0 Å². The Labute approximate surface area is 238 Å². The number of aromatic amines is 1. The number of aromatic nitrogens is 1. The summed E-state index contributed by atoms with van der Waals surface area (Å²) in [4.78, 5) is 12.9. The number of nitrogens with zero attached hydrogens (tertiary/aromatic N) is 3. The van der Waals surface area contributed by atoms with Crippen LogP contribution in [-0.2, 0) is 9.84 Å². The number of rotatable bonds is 14. The first kappa shape index (κ1) is 34.0. The van der Waals surface area contributed by atoms with Crippen molar-refractivity contribution >= 4 is 56.2 Å². The first-order valence-corrected chi connectivity index (χ1v) is 16.5. The largest absolute Gasteiger partial charge is 0.392 e. The molecule has 0 radical (unpaired) electrons. The normalized spacial score (nSPS) is 13.6. The second-order valence-electron chi connectivity index (χ2n) is 8.52. The highest BCUT2D eigenvalue weighted by Crippen LogP contribution is 2.30. The molecular weight excluding hydrogens is 537 g/mol. The van der Waals surface area contributed by atoms with Crippen molar-refractivity contribution in [3.05, 3.63) is 63.4 Å². The first-order chi connectivity index (χ1) is 18.1. The molecule has 0 fully saturated rings. The number of sulfone groups is 1. The van der Waals surface area contributed by atoms with E-state index in [0.29, 0.717) is 10.8 Å². The number of para-hydroxylation sites is 1. The van der Waals surface area contributed by atoms with Gasteiger partial charge in [-0.25, -0.2) is 8.42 Å². The Morgan fingerprint density at radius 3 is 2.42 bits per heavy atom. The molecule has 38 heavy (non-hydrogen) atoms. The summed E-state index contributed by atoms with van der Waals surface area (Å²) >= 11 is 2.78. The van der Waals surface area contributed by atoms with Crippen LogP contribution in [0.4, 0.5) is 5.69 Å². The van der Waals surface area contributed by atoms with Gasteiger partial charge in [0.15, 0.2) is 0 Å². The highest BCUT2D eigenvalue weighted by molar-refractivity contribution is 8.20. The van der Waals surface area contributed by atoms with E-state index in [1.165, 1.54) is 5.41 Å². The molecule has 7 nitrogen and oxygen atoms in total. The van der Waals surface area contributed by atoms with Crippen LogP contribution in [0.15, 0.2) is 62.7 Å². The van der Waals surface area contributed by atoms with Crippen LogP contribution in [0.3, 0.4) is 0 Å². The van der Waals surface area contributed by atoms with Crippen molar-refractivity contribution in [2.45, 2.75) is 47.6 Å². The molecule has 1 unspecified atom stereocenters. The lowest BCUT2D eigenvalue weighted by Gasteiger charge is -2.24. The van der Waals surface area contributed by atoms with Crippen LogP contribution in [0.1, 0.15) is 47.2 Å². The first-order valence-electron chi connectivity index (χ1n) is 12.7. The standard InChI is InChI=1S/C21H27N3O2S3.C7H17NO/c1-6-20(28-8-3)29(25,26)15-24(7-2)19-11-9-10-17-12-18(23-21(17)19)14-22-13-16(4)27-5;1-4-8(5-2)6-7(3)9/h6,8-14,23H,3,7,15H2,1-2,4-5H3;7,9H,4-6H2,1-3H3/b16-13-,20-6+,22-14?;. The molecule has 2 rings (SSSR count). The number of anilines is 1. The smallest absolute Gasteiger partial charge is 0.202 e. The molecule has 0 bridgehead atoms. The Hall–Kier alpha value is -1.98. The third-order valence-corrected chi connectivity index (χ3v) is 9.59. The molecule has 1 atom stereocenters. The summed E-state index contributed by atoms with van der Waals surface area (Å²) < 4.78 is 26.0. The summed E-state index contributed by atoms with van der Waals surface area (Å²) in [6, 6.07) is 7.89. The number of allylic oxidation sites excluding steroid dienone is 2. The molecule has 0 saturated heterocycles. The van der Waals surface area contributed by atoms with Crippen LogP contribution in [0.25, 0.3) is 10.9 Å². The molecule has 0 aliphatic heterocycles. The van der Waals surface area contributed by atoms with Crippen LogP contribution in [0.5, 0.6) is 0 Å². The van der Waals surface area contributed by atoms with Gasteiger partial charge >= 0.3 is 0 Å². The average Bonchev–Trinajstić information content (AvgIpc) is 3.32. The fourth-order valence-corrected chi connectivity index (χ4v) is 6.26. The molecule has 2 N–H and O–H groups in total.